The van der Waals surface area contributed by atoms with E-state index in [1.54, 1.807) is 78.9 Å². The molecule has 0 spiro atoms. The number of hydrogen-bond donors (Lipinski definition) is 7. The minimum Gasteiger partial charge on any atom is -0.384 e. The molecule has 8 rings (SSSR count). The van der Waals surface area contributed by atoms with E-state index in [-0.39, 0.29) is 68.7 Å². The Kier molecular flexibility index (Phi) is 14.0. The fraction of sp³-hybridized carbons (Fsp3) is 0.222. The zero-order valence-corrected chi connectivity index (χ0v) is 33.2. The number of rotatable bonds is 8. The van der Waals surface area contributed by atoms with Crippen LogP contribution in [0.3, 0.4) is 0 Å². The van der Waals surface area contributed by atoms with Gasteiger partial charge in [0, 0.05) is 31.6 Å². The van der Waals surface area contributed by atoms with Crippen LogP contribution in [-0.2, 0) is 80.3 Å². The summed E-state index contributed by atoms with van der Waals surface area (Å²) in [5.41, 5.74) is 11.9. The van der Waals surface area contributed by atoms with E-state index in [9.17, 15) is 27.6 Å². The van der Waals surface area contributed by atoms with Crippen molar-refractivity contribution in [3.63, 3.8) is 0 Å². The molecule has 3 aliphatic heterocycles. The van der Waals surface area contributed by atoms with Crippen molar-refractivity contribution < 1.29 is 27.6 Å². The lowest BCUT2D eigenvalue weighted by molar-refractivity contribution is -0.129. The van der Waals surface area contributed by atoms with Crippen LogP contribution in [0.2, 0.25) is 0 Å². The summed E-state index contributed by atoms with van der Waals surface area (Å²) in [5.74, 6) is -2.02. The van der Waals surface area contributed by atoms with Gasteiger partial charge in [-0.25, -0.2) is 13.1 Å². The van der Waals surface area contributed by atoms with Crippen LogP contribution in [0.15, 0.2) is 127 Å². The number of fused-ring (bicyclic) bond motifs is 2. The first-order valence-corrected chi connectivity index (χ1v) is 20.8. The van der Waals surface area contributed by atoms with E-state index < -0.39 is 33.9 Å². The number of amidine groups is 1. The lowest BCUT2D eigenvalue weighted by Crippen LogP contribution is -2.55. The molecule has 59 heavy (non-hydrogen) atoms. The molecule has 14 heteroatoms. The Morgan fingerprint density at radius 2 is 1.20 bits per heavy atom. The Morgan fingerprint density at radius 1 is 0.661 bits per heavy atom. The van der Waals surface area contributed by atoms with Gasteiger partial charge in [-0.05, 0) is 50.9 Å². The Hall–Kier alpha value is -6.64. The number of nitrogens with two attached hydrogens (primary N) is 1. The highest BCUT2D eigenvalue weighted by Gasteiger charge is 2.29. The topological polar surface area (TPSA) is 212 Å². The molecule has 304 valence electrons. The highest BCUT2D eigenvalue weighted by atomic mass is 32.2. The van der Waals surface area contributed by atoms with E-state index in [0.717, 1.165) is 27.8 Å². The van der Waals surface area contributed by atoms with Crippen molar-refractivity contribution in [2.45, 2.75) is 63.2 Å². The molecule has 2 atom stereocenters. The normalized spacial score (nSPS) is 16.8. The number of nitrogen functional groups attached to an aromatic ring is 1. The predicted octanol–water partition coefficient (Wildman–Crippen LogP) is 3.08. The molecule has 13 nitrogen and oxygen atoms in total. The SMILES string of the molecule is N=C(N)c1ccc(CNC(=O)[C@@H]2Cc3ccc(cc3)CNC(=O)Cc3cccc(c3)CC(=O)NCc3ccc(cc3)C[C@@H](NS(=O)(=O)Cc3ccccc3)C(=O)N2)cc1. The van der Waals surface area contributed by atoms with E-state index in [0.29, 0.717) is 22.3 Å². The van der Waals surface area contributed by atoms with Gasteiger partial charge in [0.25, 0.3) is 0 Å². The molecule has 0 aromatic heterocycles. The Morgan fingerprint density at radius 3 is 1.76 bits per heavy atom. The molecule has 5 aromatic carbocycles. The molecule has 0 aliphatic carbocycles. The quantitative estimate of drug-likeness (QED) is 0.0919. The van der Waals surface area contributed by atoms with E-state index in [1.807, 2.05) is 48.5 Å². The second-order valence-electron chi connectivity index (χ2n) is 14.6. The highest BCUT2D eigenvalue weighted by Crippen LogP contribution is 2.14. The van der Waals surface area contributed by atoms with Gasteiger partial charge in [-0.15, -0.1) is 0 Å². The molecule has 3 heterocycles. The monoisotopic (exact) mass is 813 g/mol. The van der Waals surface area contributed by atoms with E-state index in [4.69, 9.17) is 11.1 Å². The molecule has 4 amide bonds. The zero-order chi connectivity index (χ0) is 41.8. The fourth-order valence-corrected chi connectivity index (χ4v) is 7.98. The molecule has 5 aromatic rings. The van der Waals surface area contributed by atoms with Crippen molar-refractivity contribution in [1.29, 1.82) is 5.41 Å². The molecule has 0 unspecified atom stereocenters. The van der Waals surface area contributed by atoms with Crippen LogP contribution in [0.25, 0.3) is 0 Å². The summed E-state index contributed by atoms with van der Waals surface area (Å²) in [6.07, 6.45) is 0.321. The minimum absolute atomic E-state index is 0.0277. The van der Waals surface area contributed by atoms with Crippen LogP contribution in [0, 0.1) is 5.41 Å². The largest absolute Gasteiger partial charge is 0.384 e. The molecule has 3 aliphatic rings. The van der Waals surface area contributed by atoms with E-state index in [1.165, 1.54) is 0 Å². The third-order valence-electron chi connectivity index (χ3n) is 9.83. The fourth-order valence-electron chi connectivity index (χ4n) is 6.64. The molecule has 0 radical (unpaired) electrons. The summed E-state index contributed by atoms with van der Waals surface area (Å²) in [6, 6.07) is 34.8. The van der Waals surface area contributed by atoms with Gasteiger partial charge in [0.05, 0.1) is 18.6 Å². The van der Waals surface area contributed by atoms with Crippen molar-refractivity contribution in [3.8, 4) is 0 Å². The third-order valence-corrected chi connectivity index (χ3v) is 11.2. The average molecular weight is 814 g/mol. The smallest absolute Gasteiger partial charge is 0.243 e. The molecule has 0 fully saturated rings. The summed E-state index contributed by atoms with van der Waals surface area (Å²) in [6.45, 7) is 0.618. The maximum atomic E-state index is 14.2. The third kappa shape index (κ3) is 12.9. The lowest BCUT2D eigenvalue weighted by atomic mass is 10.0. The number of carbonyl (C=O) groups excluding carboxylic acids is 4. The van der Waals surface area contributed by atoms with Crippen molar-refractivity contribution in [3.05, 3.63) is 177 Å². The molecule has 6 bridgehead atoms. The van der Waals surface area contributed by atoms with Crippen LogP contribution >= 0.6 is 0 Å². The summed E-state index contributed by atoms with van der Waals surface area (Å²) in [4.78, 5) is 53.9. The van der Waals surface area contributed by atoms with Gasteiger partial charge >= 0.3 is 0 Å². The molecule has 0 saturated heterocycles. The second-order valence-corrected chi connectivity index (χ2v) is 16.3. The molecular formula is C45H47N7O6S. The number of sulfonamides is 1. The summed E-state index contributed by atoms with van der Waals surface area (Å²) < 4.78 is 29.7. The van der Waals surface area contributed by atoms with Gasteiger partial charge in [-0.1, -0.05) is 127 Å². The van der Waals surface area contributed by atoms with Crippen LogP contribution < -0.4 is 31.7 Å². The standard InChI is InChI=1S/C45H47N7O6S/c46-43(47)38-19-17-34(18-20-38)28-50-44(55)39-22-30-9-13-32(14-10-30)26-48-41(53)24-36-7-4-8-37(21-36)25-42(54)49-27-33-15-11-31(12-16-33)23-40(45(56)51-39)52-59(57,58)29-35-5-2-1-3-6-35/h1-21,39-40,52H,22-29H2,(H3,46,47)(H,48,53)(H,49,54)(H,50,55)(H,51,56)/t39-,40+/m0/s1. The van der Waals surface area contributed by atoms with Gasteiger partial charge in [0.1, 0.15) is 17.9 Å². The van der Waals surface area contributed by atoms with Gasteiger partial charge < -0.3 is 27.0 Å². The zero-order valence-electron chi connectivity index (χ0n) is 32.4. The van der Waals surface area contributed by atoms with Gasteiger partial charge in [-0.3, -0.25) is 24.6 Å². The van der Waals surface area contributed by atoms with E-state index in [2.05, 4.69) is 26.0 Å². The van der Waals surface area contributed by atoms with Gasteiger partial charge in [0.15, 0.2) is 0 Å². The van der Waals surface area contributed by atoms with Crippen molar-refractivity contribution >= 4 is 39.5 Å². The van der Waals surface area contributed by atoms with Crippen LogP contribution in [0.4, 0.5) is 0 Å². The second kappa shape index (κ2) is 19.7. The average Bonchev–Trinajstić information content (AvgIpc) is 3.22. The van der Waals surface area contributed by atoms with Crippen LogP contribution in [-0.4, -0.2) is 50.0 Å². The number of nitrogens with one attached hydrogen (secondary N) is 6. The highest BCUT2D eigenvalue weighted by molar-refractivity contribution is 7.88. The van der Waals surface area contributed by atoms with Crippen LogP contribution in [0.5, 0.6) is 0 Å². The number of carbonyl (C=O) groups is 4. The first-order chi connectivity index (χ1) is 28.4. The summed E-state index contributed by atoms with van der Waals surface area (Å²) >= 11 is 0. The van der Waals surface area contributed by atoms with Gasteiger partial charge in [0.2, 0.25) is 33.7 Å². The van der Waals surface area contributed by atoms with Crippen molar-refractivity contribution in [2.75, 3.05) is 0 Å². The van der Waals surface area contributed by atoms with E-state index >= 15 is 0 Å². The summed E-state index contributed by atoms with van der Waals surface area (Å²) in [7, 11) is -4.05. The Balaban J connectivity index is 1.28. The summed E-state index contributed by atoms with van der Waals surface area (Å²) in [5, 5.41) is 19.2. The predicted molar refractivity (Wildman–Crippen MR) is 225 cm³/mol. The van der Waals surface area contributed by atoms with Gasteiger partial charge in [-0.2, -0.15) is 0 Å². The maximum Gasteiger partial charge on any atom is 0.243 e. The number of hydrogen-bond acceptors (Lipinski definition) is 7. The lowest BCUT2D eigenvalue weighted by Gasteiger charge is -2.24. The maximum absolute atomic E-state index is 14.2. The molecule has 0 saturated carbocycles. The Labute approximate surface area is 343 Å². The van der Waals surface area contributed by atoms with Crippen molar-refractivity contribution in [2.24, 2.45) is 5.73 Å². The first kappa shape index (κ1) is 42.0. The van der Waals surface area contributed by atoms with Crippen LogP contribution in [0.1, 0.15) is 50.1 Å². The molecule has 8 N–H and O–H groups in total. The number of amides is 4. The number of benzene rings is 5. The Bertz CT molecular complexity index is 2390. The first-order valence-electron chi connectivity index (χ1n) is 19.2. The molecular weight excluding hydrogens is 767 g/mol. The minimum atomic E-state index is -4.05. The van der Waals surface area contributed by atoms with Crippen molar-refractivity contribution in [1.82, 2.24) is 26.0 Å².